The standard InChI is InChI=1S/3C2H4O2.5Na/c3*1-2(3)4;;;;;/h3*1H3,(H,3,4);;;;;/q;;;5*+1/p-3. The SMILES string of the molecule is CC(=O)[O-].CC(=O)[O-].CC(=O)[O-].[Na+].[Na+].[Na+].[Na+].[Na+]. The molecule has 0 aromatic heterocycles. The van der Waals surface area contributed by atoms with E-state index in [1.807, 2.05) is 0 Å². The van der Waals surface area contributed by atoms with E-state index in [1.54, 1.807) is 0 Å². The summed E-state index contributed by atoms with van der Waals surface area (Å²) in [4.78, 5) is 26.7. The van der Waals surface area contributed by atoms with Crippen molar-refractivity contribution in [2.45, 2.75) is 20.8 Å². The van der Waals surface area contributed by atoms with Gasteiger partial charge in [-0.15, -0.1) is 0 Å². The molecule has 0 aromatic rings. The van der Waals surface area contributed by atoms with E-state index in [0.29, 0.717) is 0 Å². The van der Waals surface area contributed by atoms with Crippen LogP contribution in [0.25, 0.3) is 0 Å². The molecule has 0 fully saturated rings. The molecule has 0 aliphatic heterocycles. The number of carboxylic acids is 3. The third-order valence-corrected chi connectivity index (χ3v) is 0. The van der Waals surface area contributed by atoms with Gasteiger partial charge < -0.3 is 29.7 Å². The molecule has 0 rings (SSSR count). The van der Waals surface area contributed by atoms with Crippen LogP contribution in [0.1, 0.15) is 20.8 Å². The molecule has 0 atom stereocenters. The van der Waals surface area contributed by atoms with Crippen molar-refractivity contribution < 1.29 is 177 Å². The van der Waals surface area contributed by atoms with Crippen LogP contribution in [0.2, 0.25) is 0 Å². The number of rotatable bonds is 0. The first kappa shape index (κ1) is 49.9. The van der Waals surface area contributed by atoms with Gasteiger partial charge in [-0.3, -0.25) is 0 Å². The molecule has 0 heterocycles. The Hall–Kier alpha value is 3.41. The van der Waals surface area contributed by atoms with Crippen molar-refractivity contribution in [2.75, 3.05) is 0 Å². The maximum absolute atomic E-state index is 8.89. The smallest absolute Gasteiger partial charge is 0.550 e. The fraction of sp³-hybridized carbons (Fsp3) is 0.500. The van der Waals surface area contributed by atoms with E-state index < -0.39 is 17.9 Å². The largest absolute Gasteiger partial charge is 1.00 e. The summed E-state index contributed by atoms with van der Waals surface area (Å²) in [7, 11) is 0. The number of carboxylic acid groups (broad SMARTS) is 3. The molecule has 0 aromatic carbocycles. The normalized spacial score (nSPS) is 4.41. The Morgan fingerprint density at radius 3 is 0.529 bits per heavy atom. The van der Waals surface area contributed by atoms with Gasteiger partial charge in [0.05, 0.1) is 0 Å². The Labute approximate surface area is 212 Å². The van der Waals surface area contributed by atoms with E-state index in [4.69, 9.17) is 29.7 Å². The molecular weight excluding hydrogens is 283 g/mol. The van der Waals surface area contributed by atoms with Crippen LogP contribution >= 0.6 is 0 Å². The van der Waals surface area contributed by atoms with Crippen LogP contribution in [0.4, 0.5) is 0 Å². The maximum Gasteiger partial charge on any atom is 1.00 e. The molecule has 72 valence electrons. The first-order valence-corrected chi connectivity index (χ1v) is 2.72. The van der Waals surface area contributed by atoms with Gasteiger partial charge in [-0.2, -0.15) is 0 Å². The van der Waals surface area contributed by atoms with Crippen molar-refractivity contribution in [3.63, 3.8) is 0 Å². The third kappa shape index (κ3) is 506. The first-order valence-electron chi connectivity index (χ1n) is 2.72. The van der Waals surface area contributed by atoms with Gasteiger partial charge in [-0.1, -0.05) is 0 Å². The van der Waals surface area contributed by atoms with Crippen LogP contribution in [0, 0.1) is 0 Å². The third-order valence-electron chi connectivity index (χ3n) is 0. The van der Waals surface area contributed by atoms with E-state index in [2.05, 4.69) is 0 Å². The van der Waals surface area contributed by atoms with E-state index in [-0.39, 0.29) is 148 Å². The second kappa shape index (κ2) is 42.7. The number of carbonyl (C=O) groups excluding carboxylic acids is 3. The minimum atomic E-state index is -1.08. The maximum atomic E-state index is 8.89. The van der Waals surface area contributed by atoms with Crippen molar-refractivity contribution in [3.05, 3.63) is 0 Å². The monoisotopic (exact) mass is 292 g/mol. The summed E-state index contributed by atoms with van der Waals surface area (Å²) in [6, 6.07) is 0. The molecule has 0 amide bonds. The summed E-state index contributed by atoms with van der Waals surface area (Å²) in [6.45, 7) is 2.92. The molecule has 0 aliphatic carbocycles. The van der Waals surface area contributed by atoms with Crippen molar-refractivity contribution in [1.82, 2.24) is 0 Å². The quantitative estimate of drug-likeness (QED) is 0.409. The molecule has 0 aliphatic rings. The predicted octanol–water partition coefficient (Wildman–Crippen LogP) is -18.7. The zero-order valence-electron chi connectivity index (χ0n) is 11.9. The van der Waals surface area contributed by atoms with Crippen molar-refractivity contribution in [2.24, 2.45) is 0 Å². The van der Waals surface area contributed by atoms with Gasteiger partial charge in [0, 0.05) is 17.9 Å². The summed E-state index contributed by atoms with van der Waals surface area (Å²) in [5.74, 6) is -3.25. The summed E-state index contributed by atoms with van der Waals surface area (Å²) < 4.78 is 0. The molecule has 6 nitrogen and oxygen atoms in total. The van der Waals surface area contributed by atoms with Gasteiger partial charge in [0.15, 0.2) is 0 Å². The Bertz CT molecular complexity index is 124. The Balaban J connectivity index is -0.0000000104. The molecule has 11 heteroatoms. The average molecular weight is 292 g/mol. The zero-order chi connectivity index (χ0) is 10.7. The molecule has 0 saturated heterocycles. The topological polar surface area (TPSA) is 120 Å². The summed E-state index contributed by atoms with van der Waals surface area (Å²) in [5.41, 5.74) is 0. The second-order valence-corrected chi connectivity index (χ2v) is 1.47. The zero-order valence-corrected chi connectivity index (χ0v) is 21.9. The average Bonchev–Trinajstić information content (AvgIpc) is 1.54. The van der Waals surface area contributed by atoms with Crippen molar-refractivity contribution in [1.29, 1.82) is 0 Å². The van der Waals surface area contributed by atoms with Crippen LogP contribution in [0.15, 0.2) is 0 Å². The van der Waals surface area contributed by atoms with Crippen LogP contribution in [0.5, 0.6) is 0 Å². The Morgan fingerprint density at radius 2 is 0.529 bits per heavy atom. The van der Waals surface area contributed by atoms with Gasteiger partial charge in [-0.05, 0) is 20.8 Å². The van der Waals surface area contributed by atoms with E-state index in [0.717, 1.165) is 20.8 Å². The minimum Gasteiger partial charge on any atom is -0.550 e. The summed E-state index contributed by atoms with van der Waals surface area (Å²) >= 11 is 0. The van der Waals surface area contributed by atoms with Crippen LogP contribution in [-0.2, 0) is 14.4 Å². The van der Waals surface area contributed by atoms with Crippen molar-refractivity contribution >= 4 is 17.9 Å². The molecular formula is C6H9Na5O6+2. The van der Waals surface area contributed by atoms with Gasteiger partial charge in [0.25, 0.3) is 0 Å². The number of hydrogen-bond acceptors (Lipinski definition) is 6. The molecule has 17 heavy (non-hydrogen) atoms. The fourth-order valence-electron chi connectivity index (χ4n) is 0. The number of hydrogen-bond donors (Lipinski definition) is 0. The molecule has 0 N–H and O–H groups in total. The predicted molar refractivity (Wildman–Crippen MR) is 32.0 cm³/mol. The number of carbonyl (C=O) groups is 3. The fourth-order valence-corrected chi connectivity index (χ4v) is 0. The minimum absolute atomic E-state index is 0. The molecule has 0 saturated carbocycles. The Morgan fingerprint density at radius 1 is 0.529 bits per heavy atom. The van der Waals surface area contributed by atoms with E-state index in [1.165, 1.54) is 0 Å². The summed E-state index contributed by atoms with van der Waals surface area (Å²) in [5, 5.41) is 26.7. The van der Waals surface area contributed by atoms with Crippen LogP contribution in [0.3, 0.4) is 0 Å². The van der Waals surface area contributed by atoms with Gasteiger partial charge in [0.2, 0.25) is 0 Å². The number of aliphatic carboxylic acids is 3. The molecule has 0 spiro atoms. The summed E-state index contributed by atoms with van der Waals surface area (Å²) in [6.07, 6.45) is 0. The van der Waals surface area contributed by atoms with E-state index in [9.17, 15) is 0 Å². The molecule has 0 unspecified atom stereocenters. The Kier molecular flexibility index (Phi) is 125. The van der Waals surface area contributed by atoms with Crippen molar-refractivity contribution in [3.8, 4) is 0 Å². The van der Waals surface area contributed by atoms with Gasteiger partial charge in [-0.25, -0.2) is 0 Å². The molecule has 0 bridgehead atoms. The van der Waals surface area contributed by atoms with Crippen LogP contribution in [-0.4, -0.2) is 17.9 Å². The van der Waals surface area contributed by atoms with Gasteiger partial charge in [0.1, 0.15) is 0 Å². The van der Waals surface area contributed by atoms with Crippen LogP contribution < -0.4 is 163 Å². The van der Waals surface area contributed by atoms with E-state index >= 15 is 0 Å². The first-order chi connectivity index (χ1) is 5.20. The second-order valence-electron chi connectivity index (χ2n) is 1.47. The molecule has 0 radical (unpaired) electrons. The van der Waals surface area contributed by atoms with Gasteiger partial charge >= 0.3 is 148 Å².